The van der Waals surface area contributed by atoms with E-state index in [1.807, 2.05) is 50.2 Å². The van der Waals surface area contributed by atoms with Gasteiger partial charge in [-0.05, 0) is 80.1 Å². The average Bonchev–Trinajstić information content (AvgIpc) is 3.53. The third-order valence-electron chi connectivity index (χ3n) is 8.16. The van der Waals surface area contributed by atoms with Crippen LogP contribution in [0.4, 0.5) is 17.1 Å². The first-order valence-corrected chi connectivity index (χ1v) is 13.0. The summed E-state index contributed by atoms with van der Waals surface area (Å²) < 4.78 is 17.1. The van der Waals surface area contributed by atoms with E-state index in [4.69, 9.17) is 14.2 Å². The van der Waals surface area contributed by atoms with Gasteiger partial charge < -0.3 is 19.1 Å². The number of carbonyl (C=O) groups is 2. The molecule has 5 atom stereocenters. The zero-order valence-electron chi connectivity index (χ0n) is 21.1. The summed E-state index contributed by atoms with van der Waals surface area (Å²) in [5, 5.41) is 0. The van der Waals surface area contributed by atoms with Gasteiger partial charge in [0.25, 0.3) is 0 Å². The fraction of sp³-hybridized carbons (Fsp3) is 0.355. The average molecular weight is 498 g/mol. The number of benzene rings is 3. The van der Waals surface area contributed by atoms with Crippen molar-refractivity contribution in [1.29, 1.82) is 0 Å². The monoisotopic (exact) mass is 497 g/mol. The van der Waals surface area contributed by atoms with Crippen LogP contribution in [0.3, 0.4) is 0 Å². The van der Waals surface area contributed by atoms with Gasteiger partial charge in [0.2, 0.25) is 0 Å². The highest BCUT2D eigenvalue weighted by molar-refractivity contribution is 5.78. The molecule has 190 valence electrons. The van der Waals surface area contributed by atoms with Crippen molar-refractivity contribution in [3.63, 3.8) is 0 Å². The Labute approximate surface area is 217 Å². The van der Waals surface area contributed by atoms with E-state index < -0.39 is 5.97 Å². The molecule has 0 radical (unpaired) electrons. The van der Waals surface area contributed by atoms with Crippen molar-refractivity contribution in [1.82, 2.24) is 0 Å². The molecule has 1 saturated heterocycles. The Hall–Kier alpha value is -3.80. The van der Waals surface area contributed by atoms with Crippen LogP contribution in [0, 0.1) is 37.5 Å². The third kappa shape index (κ3) is 4.35. The van der Waals surface area contributed by atoms with Gasteiger partial charge in [-0.3, -0.25) is 4.79 Å². The molecule has 0 spiro atoms. The highest BCUT2D eigenvalue weighted by Crippen LogP contribution is 2.57. The zero-order chi connectivity index (χ0) is 25.5. The number of aryl methyl sites for hydroxylation is 2. The summed E-state index contributed by atoms with van der Waals surface area (Å²) in [6, 6.07) is 24.6. The molecule has 2 bridgehead atoms. The van der Waals surface area contributed by atoms with Crippen LogP contribution < -0.4 is 9.64 Å². The molecule has 3 aliphatic rings. The number of anilines is 3. The van der Waals surface area contributed by atoms with E-state index in [2.05, 4.69) is 41.3 Å². The first-order chi connectivity index (χ1) is 18.0. The van der Waals surface area contributed by atoms with E-state index >= 15 is 0 Å². The van der Waals surface area contributed by atoms with Crippen LogP contribution in [0.15, 0.2) is 72.8 Å². The summed E-state index contributed by atoms with van der Waals surface area (Å²) in [7, 11) is 0. The Morgan fingerprint density at radius 1 is 0.919 bits per heavy atom. The molecule has 5 unspecified atom stereocenters. The molecular weight excluding hydrogens is 466 g/mol. The van der Waals surface area contributed by atoms with Gasteiger partial charge in [0.15, 0.2) is 6.61 Å². The maximum absolute atomic E-state index is 12.6. The van der Waals surface area contributed by atoms with Crippen molar-refractivity contribution in [2.45, 2.75) is 32.8 Å². The number of nitrogens with zero attached hydrogens (tertiary/aromatic N) is 1. The van der Waals surface area contributed by atoms with E-state index in [0.29, 0.717) is 17.6 Å². The van der Waals surface area contributed by atoms with E-state index in [1.165, 1.54) is 0 Å². The molecule has 2 saturated carbocycles. The number of hydrogen-bond acceptors (Lipinski definition) is 6. The number of ether oxygens (including phenoxy) is 3. The van der Waals surface area contributed by atoms with Gasteiger partial charge in [0.05, 0.1) is 12.5 Å². The van der Waals surface area contributed by atoms with Crippen LogP contribution in [0.1, 0.15) is 24.0 Å². The molecule has 0 aromatic heterocycles. The lowest BCUT2D eigenvalue weighted by Crippen LogP contribution is -2.32. The van der Waals surface area contributed by atoms with E-state index in [-0.39, 0.29) is 37.1 Å². The molecule has 0 amide bonds. The summed E-state index contributed by atoms with van der Waals surface area (Å²) >= 11 is 0. The van der Waals surface area contributed by atoms with Crippen LogP contribution in [0.2, 0.25) is 0 Å². The van der Waals surface area contributed by atoms with Gasteiger partial charge in [0.1, 0.15) is 11.9 Å². The summed E-state index contributed by atoms with van der Waals surface area (Å²) in [6.45, 7) is 4.11. The molecule has 1 aliphatic heterocycles. The van der Waals surface area contributed by atoms with Crippen molar-refractivity contribution in [3.05, 3.63) is 83.9 Å². The minimum Gasteiger partial charge on any atom is -0.481 e. The first kappa shape index (κ1) is 23.6. The quantitative estimate of drug-likeness (QED) is 0.362. The first-order valence-electron chi connectivity index (χ1n) is 13.0. The third-order valence-corrected chi connectivity index (χ3v) is 8.16. The Morgan fingerprint density at radius 3 is 2.16 bits per heavy atom. The molecule has 2 aliphatic carbocycles. The molecule has 6 heteroatoms. The fourth-order valence-corrected chi connectivity index (χ4v) is 6.56. The topological polar surface area (TPSA) is 65.1 Å². The number of para-hydroxylation sites is 2. The molecule has 1 heterocycles. The predicted molar refractivity (Wildman–Crippen MR) is 140 cm³/mol. The second kappa shape index (κ2) is 9.58. The molecule has 0 N–H and O–H groups in total. The van der Waals surface area contributed by atoms with E-state index in [9.17, 15) is 9.59 Å². The predicted octanol–water partition coefficient (Wildman–Crippen LogP) is 5.89. The van der Waals surface area contributed by atoms with Gasteiger partial charge in [-0.25, -0.2) is 4.79 Å². The van der Waals surface area contributed by atoms with Crippen LogP contribution in [0.25, 0.3) is 0 Å². The van der Waals surface area contributed by atoms with Crippen LogP contribution in [-0.2, 0) is 19.1 Å². The van der Waals surface area contributed by atoms with Crippen molar-refractivity contribution in [2.75, 3.05) is 18.1 Å². The molecule has 6 nitrogen and oxygen atoms in total. The van der Waals surface area contributed by atoms with Gasteiger partial charge >= 0.3 is 11.9 Å². The van der Waals surface area contributed by atoms with Crippen molar-refractivity contribution in [2.24, 2.45) is 23.7 Å². The number of esters is 2. The van der Waals surface area contributed by atoms with Crippen LogP contribution in [0.5, 0.6) is 5.75 Å². The Balaban J connectivity index is 1.13. The van der Waals surface area contributed by atoms with E-state index in [0.717, 1.165) is 41.0 Å². The molecular formula is C31H31NO5. The highest BCUT2D eigenvalue weighted by atomic mass is 16.6. The fourth-order valence-electron chi connectivity index (χ4n) is 6.56. The number of hydrogen-bond donors (Lipinski definition) is 0. The number of fused-ring (bicyclic) bond motifs is 1. The van der Waals surface area contributed by atoms with Gasteiger partial charge in [-0.1, -0.05) is 36.4 Å². The van der Waals surface area contributed by atoms with Crippen molar-refractivity contribution < 1.29 is 23.8 Å². The van der Waals surface area contributed by atoms with Crippen LogP contribution in [-0.4, -0.2) is 31.3 Å². The van der Waals surface area contributed by atoms with Crippen LogP contribution >= 0.6 is 0 Å². The second-order valence-corrected chi connectivity index (χ2v) is 10.5. The molecule has 3 fully saturated rings. The lowest BCUT2D eigenvalue weighted by molar-refractivity contribution is -0.150. The lowest BCUT2D eigenvalue weighted by atomic mass is 9.83. The van der Waals surface area contributed by atoms with Crippen molar-refractivity contribution >= 4 is 29.0 Å². The Kier molecular flexibility index (Phi) is 6.11. The minimum atomic E-state index is -0.401. The minimum absolute atomic E-state index is 0.0675. The Bertz CT molecular complexity index is 1250. The lowest BCUT2D eigenvalue weighted by Gasteiger charge is -2.27. The standard InChI is InChI=1S/C31H31NO5/c1-19-13-24(32(22-9-5-3-6-10-22)23-11-7-4-8-12-23)14-20(2)29(19)36-18-28(33)35-17-27-21-15-25-26(16-21)31(34)37-30(25)27/h3-14,21,25-27,30H,15-18H2,1-2H3. The van der Waals surface area contributed by atoms with Gasteiger partial charge in [0, 0.05) is 28.9 Å². The zero-order valence-corrected chi connectivity index (χ0v) is 21.1. The SMILES string of the molecule is Cc1cc(N(c2ccccc2)c2ccccc2)cc(C)c1OCC(=O)OCC1C2CC3C(=O)OC1C3C2. The van der Waals surface area contributed by atoms with E-state index in [1.54, 1.807) is 0 Å². The maximum Gasteiger partial charge on any atom is 0.344 e. The summed E-state index contributed by atoms with van der Waals surface area (Å²) in [4.78, 5) is 26.7. The summed E-state index contributed by atoms with van der Waals surface area (Å²) in [5.74, 6) is 1.13. The smallest absolute Gasteiger partial charge is 0.344 e. The van der Waals surface area contributed by atoms with Gasteiger partial charge in [-0.15, -0.1) is 0 Å². The number of rotatable bonds is 8. The van der Waals surface area contributed by atoms with Gasteiger partial charge in [-0.2, -0.15) is 0 Å². The normalized spacial score (nSPS) is 25.1. The summed E-state index contributed by atoms with van der Waals surface area (Å²) in [6.07, 6.45) is 1.79. The molecule has 6 rings (SSSR count). The Morgan fingerprint density at radius 2 is 1.54 bits per heavy atom. The van der Waals surface area contributed by atoms with Crippen molar-refractivity contribution in [3.8, 4) is 5.75 Å². The molecule has 3 aromatic rings. The summed E-state index contributed by atoms with van der Waals surface area (Å²) in [5.41, 5.74) is 5.02. The second-order valence-electron chi connectivity index (χ2n) is 10.5. The largest absolute Gasteiger partial charge is 0.481 e. The molecule has 37 heavy (non-hydrogen) atoms. The maximum atomic E-state index is 12.6. The molecule has 3 aromatic carbocycles. The highest BCUT2D eigenvalue weighted by Gasteiger charge is 2.61. The number of carbonyl (C=O) groups excluding carboxylic acids is 2.